The number of nitrogens with zero attached hydrogens (tertiary/aromatic N) is 3. The van der Waals surface area contributed by atoms with Crippen molar-refractivity contribution in [3.63, 3.8) is 0 Å². The van der Waals surface area contributed by atoms with Gasteiger partial charge < -0.3 is 23.8 Å². The van der Waals surface area contributed by atoms with Crippen LogP contribution in [0.1, 0.15) is 23.0 Å². The predicted octanol–water partition coefficient (Wildman–Crippen LogP) is 3.53. The first-order valence-corrected chi connectivity index (χ1v) is 7.83. The highest BCUT2D eigenvalue weighted by atomic mass is 79.9. The number of nitro groups is 1. The topological polar surface area (TPSA) is 100 Å². The van der Waals surface area contributed by atoms with Crippen molar-refractivity contribution in [3.05, 3.63) is 56.6 Å². The van der Waals surface area contributed by atoms with Crippen molar-refractivity contribution in [1.29, 1.82) is 0 Å². The molecule has 0 aliphatic rings. The van der Waals surface area contributed by atoms with Crippen LogP contribution in [0.25, 0.3) is 11.0 Å². The number of halogens is 1. The zero-order chi connectivity index (χ0) is 17.3. The van der Waals surface area contributed by atoms with Gasteiger partial charge in [-0.25, -0.2) is 4.79 Å². The molecule has 8 nitrogen and oxygen atoms in total. The molecule has 0 bridgehead atoms. The highest BCUT2D eigenvalue weighted by molar-refractivity contribution is 9.10. The average molecular weight is 394 g/mol. The molecule has 3 aromatic rings. The van der Waals surface area contributed by atoms with Crippen molar-refractivity contribution >= 4 is 38.7 Å². The first-order valence-electron chi connectivity index (χ1n) is 7.03. The summed E-state index contributed by atoms with van der Waals surface area (Å²) in [4.78, 5) is 26.1. The Hall–Kier alpha value is -2.68. The Balaban J connectivity index is 2.08. The minimum Gasteiger partial charge on any atom is -0.460 e. The lowest BCUT2D eigenvalue weighted by molar-refractivity contribution is -0.389. The fourth-order valence-corrected chi connectivity index (χ4v) is 2.71. The zero-order valence-corrected chi connectivity index (χ0v) is 14.1. The van der Waals surface area contributed by atoms with Crippen LogP contribution >= 0.6 is 15.9 Å². The molecular formula is C15H12BrN3O5. The summed E-state index contributed by atoms with van der Waals surface area (Å²) >= 11 is 3.39. The maximum absolute atomic E-state index is 12.2. The molecule has 2 heterocycles. The molecule has 0 aliphatic carbocycles. The maximum Gasteiger partial charge on any atom is 0.381 e. The van der Waals surface area contributed by atoms with Gasteiger partial charge >= 0.3 is 11.8 Å². The van der Waals surface area contributed by atoms with Gasteiger partial charge in [0.1, 0.15) is 11.8 Å². The monoisotopic (exact) mass is 393 g/mol. The lowest BCUT2D eigenvalue weighted by atomic mass is 10.1. The first-order chi connectivity index (χ1) is 11.5. The summed E-state index contributed by atoms with van der Waals surface area (Å²) in [6.07, 6.45) is 2.63. The quantitative estimate of drug-likeness (QED) is 0.373. The van der Waals surface area contributed by atoms with Crippen LogP contribution in [0.4, 0.5) is 5.82 Å². The molecule has 0 unspecified atom stereocenters. The van der Waals surface area contributed by atoms with E-state index in [2.05, 4.69) is 20.9 Å². The molecule has 0 amide bonds. The third-order valence-corrected chi connectivity index (χ3v) is 3.85. The van der Waals surface area contributed by atoms with E-state index in [9.17, 15) is 14.9 Å². The van der Waals surface area contributed by atoms with Crippen LogP contribution in [-0.4, -0.2) is 27.1 Å². The number of imidazole rings is 1. The van der Waals surface area contributed by atoms with Crippen LogP contribution < -0.4 is 0 Å². The minimum absolute atomic E-state index is 0.0845. The smallest absolute Gasteiger partial charge is 0.381 e. The number of carbonyl (C=O) groups is 1. The summed E-state index contributed by atoms with van der Waals surface area (Å²) in [6, 6.07) is 5.36. The molecule has 0 atom stereocenters. The number of hydrogen-bond acceptors (Lipinski definition) is 6. The number of benzene rings is 1. The van der Waals surface area contributed by atoms with Gasteiger partial charge in [0.25, 0.3) is 0 Å². The highest BCUT2D eigenvalue weighted by Gasteiger charge is 2.23. The van der Waals surface area contributed by atoms with E-state index < -0.39 is 10.9 Å². The van der Waals surface area contributed by atoms with Gasteiger partial charge in [-0.05, 0) is 35.0 Å². The summed E-state index contributed by atoms with van der Waals surface area (Å²) in [5.74, 6) is -0.752. The van der Waals surface area contributed by atoms with Gasteiger partial charge in [-0.2, -0.15) is 0 Å². The van der Waals surface area contributed by atoms with E-state index in [0.29, 0.717) is 11.1 Å². The molecule has 0 fully saturated rings. The van der Waals surface area contributed by atoms with Crippen LogP contribution in [0.5, 0.6) is 0 Å². The Bertz CT molecular complexity index is 930. The highest BCUT2D eigenvalue weighted by Crippen LogP contribution is 2.30. The number of rotatable bonds is 5. The molecule has 0 N–H and O–H groups in total. The number of aromatic nitrogens is 2. The van der Waals surface area contributed by atoms with Crippen molar-refractivity contribution < 1.29 is 18.9 Å². The molecular weight excluding hydrogens is 382 g/mol. The van der Waals surface area contributed by atoms with E-state index in [0.717, 1.165) is 9.86 Å². The molecule has 9 heteroatoms. The number of carbonyl (C=O) groups excluding carboxylic acids is 1. The second-order valence-corrected chi connectivity index (χ2v) is 5.85. The van der Waals surface area contributed by atoms with E-state index in [-0.39, 0.29) is 24.7 Å². The van der Waals surface area contributed by atoms with Crippen molar-refractivity contribution in [2.24, 2.45) is 0 Å². The second-order valence-electron chi connectivity index (χ2n) is 4.93. The van der Waals surface area contributed by atoms with Crippen molar-refractivity contribution in [2.75, 3.05) is 6.61 Å². The minimum atomic E-state index is -0.577. The summed E-state index contributed by atoms with van der Waals surface area (Å²) in [5, 5.41) is 11.5. The summed E-state index contributed by atoms with van der Waals surface area (Å²) in [5.41, 5.74) is 1.11. The standard InChI is InChI=1S/C15H12BrN3O5/c1-2-23-15(20)14-11(6-18-7-13(17-8-18)19(21)22)10-5-9(16)3-4-12(10)24-14/h3-5,7-8H,2,6H2,1H3. The number of esters is 1. The molecule has 0 aliphatic heterocycles. The van der Waals surface area contributed by atoms with E-state index >= 15 is 0 Å². The van der Waals surface area contributed by atoms with Crippen LogP contribution in [0, 0.1) is 10.1 Å². The maximum atomic E-state index is 12.2. The number of fused-ring (bicyclic) bond motifs is 1. The van der Waals surface area contributed by atoms with Gasteiger partial charge in [-0.3, -0.25) is 0 Å². The summed E-state index contributed by atoms with van der Waals surface area (Å²) < 4.78 is 13.0. The normalized spacial score (nSPS) is 10.9. The second kappa shape index (κ2) is 6.44. The lowest BCUT2D eigenvalue weighted by Gasteiger charge is -2.03. The predicted molar refractivity (Wildman–Crippen MR) is 87.9 cm³/mol. The molecule has 3 rings (SSSR count). The lowest BCUT2D eigenvalue weighted by Crippen LogP contribution is -2.08. The molecule has 24 heavy (non-hydrogen) atoms. The largest absolute Gasteiger partial charge is 0.460 e. The van der Waals surface area contributed by atoms with Gasteiger partial charge in [-0.15, -0.1) is 0 Å². The molecule has 0 saturated heterocycles. The SMILES string of the molecule is CCOC(=O)c1oc2ccc(Br)cc2c1Cn1cnc([N+](=O)[O-])c1. The van der Waals surface area contributed by atoms with Crippen LogP contribution in [0.2, 0.25) is 0 Å². The number of furan rings is 1. The van der Waals surface area contributed by atoms with E-state index in [1.807, 2.05) is 6.07 Å². The van der Waals surface area contributed by atoms with E-state index in [4.69, 9.17) is 9.15 Å². The summed E-state index contributed by atoms with van der Waals surface area (Å²) in [7, 11) is 0. The van der Waals surface area contributed by atoms with Crippen molar-refractivity contribution in [2.45, 2.75) is 13.5 Å². The Morgan fingerprint density at radius 1 is 1.50 bits per heavy atom. The Morgan fingerprint density at radius 2 is 2.29 bits per heavy atom. The van der Waals surface area contributed by atoms with Crippen LogP contribution in [0.3, 0.4) is 0 Å². The zero-order valence-electron chi connectivity index (χ0n) is 12.6. The first kappa shape index (κ1) is 16.2. The van der Waals surface area contributed by atoms with Crippen LogP contribution in [0.15, 0.2) is 39.6 Å². The third-order valence-electron chi connectivity index (χ3n) is 3.36. The van der Waals surface area contributed by atoms with Gasteiger partial charge in [0.05, 0.1) is 13.2 Å². The molecule has 0 saturated carbocycles. The summed E-state index contributed by atoms with van der Waals surface area (Å²) in [6.45, 7) is 2.12. The van der Waals surface area contributed by atoms with Crippen molar-refractivity contribution in [3.8, 4) is 0 Å². The molecule has 1 aromatic carbocycles. The average Bonchev–Trinajstić information content (AvgIpc) is 3.13. The molecule has 0 spiro atoms. The molecule has 2 aromatic heterocycles. The van der Waals surface area contributed by atoms with Gasteiger partial charge in [0.15, 0.2) is 0 Å². The van der Waals surface area contributed by atoms with Gasteiger partial charge in [-0.1, -0.05) is 15.9 Å². The third kappa shape index (κ3) is 3.02. The van der Waals surface area contributed by atoms with Gasteiger partial charge in [0, 0.05) is 15.4 Å². The fourth-order valence-electron chi connectivity index (χ4n) is 2.35. The number of ether oxygens (including phenoxy) is 1. The fraction of sp³-hybridized carbons (Fsp3) is 0.200. The van der Waals surface area contributed by atoms with Gasteiger partial charge in [0.2, 0.25) is 12.1 Å². The van der Waals surface area contributed by atoms with E-state index in [1.165, 1.54) is 17.1 Å². The number of hydrogen-bond donors (Lipinski definition) is 0. The Labute approximate surface area is 144 Å². The van der Waals surface area contributed by atoms with E-state index in [1.54, 1.807) is 19.1 Å². The van der Waals surface area contributed by atoms with Crippen molar-refractivity contribution in [1.82, 2.24) is 9.55 Å². The molecule has 124 valence electrons. The molecule has 0 radical (unpaired) electrons. The Morgan fingerprint density at radius 3 is 2.96 bits per heavy atom. The van der Waals surface area contributed by atoms with Crippen LogP contribution in [-0.2, 0) is 11.3 Å². The Kier molecular flexibility index (Phi) is 4.34.